The van der Waals surface area contributed by atoms with Crippen LogP contribution in [0.4, 0.5) is 0 Å². The van der Waals surface area contributed by atoms with Crippen LogP contribution in [0.25, 0.3) is 3.58 Å². The van der Waals surface area contributed by atoms with Crippen molar-refractivity contribution in [3.8, 4) is 0 Å². The largest absolute Gasteiger partial charge is 0.0622 e. The summed E-state index contributed by atoms with van der Waals surface area (Å²) < 4.78 is 2.80. The van der Waals surface area contributed by atoms with Crippen LogP contribution in [-0.4, -0.2) is 0 Å². The van der Waals surface area contributed by atoms with E-state index in [-0.39, 0.29) is 0 Å². The van der Waals surface area contributed by atoms with Gasteiger partial charge in [-0.2, -0.15) is 0 Å². The predicted molar refractivity (Wildman–Crippen MR) is 71.7 cm³/mol. The molecule has 0 aliphatic carbocycles. The van der Waals surface area contributed by atoms with E-state index in [2.05, 4.69) is 76.4 Å². The minimum absolute atomic E-state index is 1.12. The first-order valence-electron chi connectivity index (χ1n) is 3.85. The highest BCUT2D eigenvalue weighted by Crippen LogP contribution is 2.30. The summed E-state index contributed by atoms with van der Waals surface area (Å²) in [4.78, 5) is 0. The maximum Gasteiger partial charge on any atom is 0.0295 e. The average Bonchev–Trinajstić information content (AvgIpc) is 2.17. The van der Waals surface area contributed by atoms with Gasteiger partial charge in [0.05, 0.1) is 0 Å². The molecule has 0 nitrogen and oxygen atoms in total. The molecule has 0 unspecified atom stereocenters. The Balaban J connectivity index is 3.00. The molecule has 0 fully saturated rings. The second kappa shape index (κ2) is 5.21. The van der Waals surface area contributed by atoms with E-state index in [1.807, 2.05) is 6.07 Å². The summed E-state index contributed by atoms with van der Waals surface area (Å²) in [5, 5.41) is 0. The second-order valence-electron chi connectivity index (χ2n) is 2.44. The van der Waals surface area contributed by atoms with Crippen molar-refractivity contribution in [1.82, 2.24) is 0 Å². The zero-order valence-electron chi connectivity index (χ0n) is 6.85. The number of hydrogen-bond donors (Lipinski definition) is 0. The average molecular weight is 384 g/mol. The lowest BCUT2D eigenvalue weighted by Gasteiger charge is -2.01. The highest BCUT2D eigenvalue weighted by Gasteiger charge is 2.00. The van der Waals surface area contributed by atoms with Crippen molar-refractivity contribution in [2.45, 2.75) is 13.3 Å². The number of hydrogen-bond acceptors (Lipinski definition) is 0. The molecule has 0 atom stereocenters. The van der Waals surface area contributed by atoms with Crippen molar-refractivity contribution in [2.24, 2.45) is 0 Å². The maximum absolute atomic E-state index is 2.41. The molecule has 1 aromatic rings. The molecule has 0 heterocycles. The molecular weight excluding hydrogens is 374 g/mol. The number of allylic oxidation sites excluding steroid dienone is 1. The zero-order valence-corrected chi connectivity index (χ0v) is 11.2. The molecule has 0 N–H and O–H groups in total. The molecular formula is C10H10I2. The summed E-state index contributed by atoms with van der Waals surface area (Å²) in [6, 6.07) is 10.5. The topological polar surface area (TPSA) is 0 Å². The van der Waals surface area contributed by atoms with Gasteiger partial charge in [0.15, 0.2) is 0 Å². The van der Waals surface area contributed by atoms with E-state index in [0.717, 1.165) is 6.42 Å². The Hall–Kier alpha value is 0.420. The Kier molecular flexibility index (Phi) is 4.56. The first-order chi connectivity index (χ1) is 5.75. The highest BCUT2D eigenvalue weighted by atomic mass is 127. The van der Waals surface area contributed by atoms with Gasteiger partial charge < -0.3 is 0 Å². The van der Waals surface area contributed by atoms with Crippen LogP contribution in [0.3, 0.4) is 0 Å². The fourth-order valence-corrected chi connectivity index (χ4v) is 1.95. The molecule has 2 heteroatoms. The van der Waals surface area contributed by atoms with Crippen molar-refractivity contribution >= 4 is 48.8 Å². The van der Waals surface area contributed by atoms with Gasteiger partial charge in [0.25, 0.3) is 0 Å². The van der Waals surface area contributed by atoms with E-state index in [1.165, 1.54) is 12.7 Å². The molecule has 12 heavy (non-hydrogen) atoms. The molecule has 1 rings (SSSR count). The standard InChI is InChI=1S/C10H10I2/c1-2-9(11)10(12)8-6-4-3-5-7-8/h3-7H,2H2,1H3/b10-9+. The summed E-state index contributed by atoms with van der Waals surface area (Å²) in [6.45, 7) is 2.18. The lowest BCUT2D eigenvalue weighted by Crippen LogP contribution is -1.77. The summed E-state index contributed by atoms with van der Waals surface area (Å²) >= 11 is 4.81. The summed E-state index contributed by atoms with van der Waals surface area (Å²) in [5.74, 6) is 0. The van der Waals surface area contributed by atoms with Crippen LogP contribution < -0.4 is 0 Å². The van der Waals surface area contributed by atoms with E-state index in [0.29, 0.717) is 0 Å². The van der Waals surface area contributed by atoms with Crippen LogP contribution in [0.1, 0.15) is 18.9 Å². The molecule has 0 spiro atoms. The minimum atomic E-state index is 1.12. The Morgan fingerprint density at radius 3 is 2.25 bits per heavy atom. The summed E-state index contributed by atoms with van der Waals surface area (Å²) in [5.41, 5.74) is 1.32. The van der Waals surface area contributed by atoms with Crippen LogP contribution in [0.5, 0.6) is 0 Å². The van der Waals surface area contributed by atoms with Crippen LogP contribution in [-0.2, 0) is 0 Å². The quantitative estimate of drug-likeness (QED) is 0.653. The zero-order chi connectivity index (χ0) is 8.97. The lowest BCUT2D eigenvalue weighted by atomic mass is 10.2. The highest BCUT2D eigenvalue weighted by molar-refractivity contribution is 14.1. The number of rotatable bonds is 2. The molecule has 64 valence electrons. The Morgan fingerprint density at radius 1 is 1.17 bits per heavy atom. The molecule has 0 radical (unpaired) electrons. The van der Waals surface area contributed by atoms with Crippen molar-refractivity contribution in [3.05, 3.63) is 39.5 Å². The third-order valence-corrected chi connectivity index (χ3v) is 5.18. The first-order valence-corrected chi connectivity index (χ1v) is 6.01. The lowest BCUT2D eigenvalue weighted by molar-refractivity contribution is 1.22. The normalized spacial score (nSPS) is 12.6. The van der Waals surface area contributed by atoms with E-state index in [1.54, 1.807) is 0 Å². The van der Waals surface area contributed by atoms with Gasteiger partial charge in [0, 0.05) is 7.16 Å². The minimum Gasteiger partial charge on any atom is -0.0622 e. The van der Waals surface area contributed by atoms with Gasteiger partial charge in [0.1, 0.15) is 0 Å². The summed E-state index contributed by atoms with van der Waals surface area (Å²) in [6.07, 6.45) is 1.12. The first kappa shape index (κ1) is 10.5. The van der Waals surface area contributed by atoms with E-state index in [4.69, 9.17) is 0 Å². The van der Waals surface area contributed by atoms with Gasteiger partial charge in [-0.25, -0.2) is 0 Å². The number of halogens is 2. The molecule has 1 aromatic carbocycles. The molecule has 0 aromatic heterocycles. The van der Waals surface area contributed by atoms with Crippen molar-refractivity contribution in [1.29, 1.82) is 0 Å². The monoisotopic (exact) mass is 384 g/mol. The van der Waals surface area contributed by atoms with Gasteiger partial charge in [-0.05, 0) is 57.2 Å². The SMILES string of the molecule is CC/C(I)=C(\I)c1ccccc1. The second-order valence-corrected chi connectivity index (χ2v) is 4.82. The molecule has 0 amide bonds. The smallest absolute Gasteiger partial charge is 0.0295 e. The fourth-order valence-electron chi connectivity index (χ4n) is 0.896. The Bertz CT molecular complexity index is 275. The summed E-state index contributed by atoms with van der Waals surface area (Å²) in [7, 11) is 0. The third kappa shape index (κ3) is 2.73. The van der Waals surface area contributed by atoms with Crippen molar-refractivity contribution in [3.63, 3.8) is 0 Å². The maximum atomic E-state index is 2.41. The van der Waals surface area contributed by atoms with Crippen molar-refractivity contribution in [2.75, 3.05) is 0 Å². The van der Waals surface area contributed by atoms with Crippen molar-refractivity contribution < 1.29 is 0 Å². The predicted octanol–water partition coefficient (Wildman–Crippen LogP) is 4.64. The molecule has 0 saturated heterocycles. The van der Waals surface area contributed by atoms with Crippen LogP contribution in [0.2, 0.25) is 0 Å². The van der Waals surface area contributed by atoms with Gasteiger partial charge in [-0.1, -0.05) is 37.3 Å². The van der Waals surface area contributed by atoms with E-state index in [9.17, 15) is 0 Å². The molecule has 0 aliphatic heterocycles. The van der Waals surface area contributed by atoms with Crippen LogP contribution in [0, 0.1) is 0 Å². The van der Waals surface area contributed by atoms with E-state index >= 15 is 0 Å². The van der Waals surface area contributed by atoms with Gasteiger partial charge >= 0.3 is 0 Å². The fraction of sp³-hybridized carbons (Fsp3) is 0.200. The molecule has 0 bridgehead atoms. The van der Waals surface area contributed by atoms with Gasteiger partial charge in [-0.15, -0.1) is 0 Å². The third-order valence-electron chi connectivity index (χ3n) is 1.58. The number of benzene rings is 1. The van der Waals surface area contributed by atoms with Crippen LogP contribution >= 0.6 is 45.2 Å². The molecule has 0 saturated carbocycles. The van der Waals surface area contributed by atoms with Crippen LogP contribution in [0.15, 0.2) is 33.9 Å². The Morgan fingerprint density at radius 2 is 1.75 bits per heavy atom. The van der Waals surface area contributed by atoms with Gasteiger partial charge in [-0.3, -0.25) is 0 Å². The molecule has 0 aliphatic rings. The van der Waals surface area contributed by atoms with Gasteiger partial charge in [0.2, 0.25) is 0 Å². The van der Waals surface area contributed by atoms with E-state index < -0.39 is 0 Å². The Labute approximate surface area is 101 Å².